The second-order valence-corrected chi connectivity index (χ2v) is 9.01. The van der Waals surface area contributed by atoms with Gasteiger partial charge in [0.25, 0.3) is 5.91 Å². The first kappa shape index (κ1) is 21.4. The molecule has 0 unspecified atom stereocenters. The molecule has 5 rings (SSSR count). The van der Waals surface area contributed by atoms with Crippen LogP contribution in [-0.4, -0.2) is 48.2 Å². The molecular formula is C26H29N5O2. The first-order valence-electron chi connectivity index (χ1n) is 11.5. The molecule has 3 N–H and O–H groups in total. The smallest absolute Gasteiger partial charge is 0.251 e. The predicted molar refractivity (Wildman–Crippen MR) is 130 cm³/mol. The van der Waals surface area contributed by atoms with Gasteiger partial charge in [0.05, 0.1) is 24.6 Å². The lowest BCUT2D eigenvalue weighted by molar-refractivity contribution is 0.0114. The third-order valence-corrected chi connectivity index (χ3v) is 6.47. The summed E-state index contributed by atoms with van der Waals surface area (Å²) in [5.41, 5.74) is 12.4. The Balaban J connectivity index is 1.41. The van der Waals surface area contributed by atoms with E-state index >= 15 is 0 Å². The Hall–Kier alpha value is -3.45. The normalized spacial score (nSPS) is 18.2. The fourth-order valence-electron chi connectivity index (χ4n) is 4.48. The second-order valence-electron chi connectivity index (χ2n) is 9.01. The van der Waals surface area contributed by atoms with Gasteiger partial charge in [-0.05, 0) is 42.2 Å². The van der Waals surface area contributed by atoms with Gasteiger partial charge in [-0.15, -0.1) is 0 Å². The molecule has 1 atom stereocenters. The van der Waals surface area contributed by atoms with Gasteiger partial charge in [0, 0.05) is 42.0 Å². The molecule has 1 aromatic heterocycles. The molecule has 3 aromatic rings. The number of benzene rings is 2. The van der Waals surface area contributed by atoms with Gasteiger partial charge in [-0.1, -0.05) is 32.0 Å². The summed E-state index contributed by atoms with van der Waals surface area (Å²) in [4.78, 5) is 23.7. The number of morpholine rings is 1. The highest BCUT2D eigenvalue weighted by Gasteiger charge is 2.23. The molecule has 0 bridgehead atoms. The summed E-state index contributed by atoms with van der Waals surface area (Å²) in [6.07, 6.45) is 2.76. The van der Waals surface area contributed by atoms with Crippen LogP contribution in [0.1, 0.15) is 29.8 Å². The summed E-state index contributed by atoms with van der Waals surface area (Å²) in [6.45, 7) is 7.59. The molecule has 2 aliphatic heterocycles. The molecule has 2 aromatic carbocycles. The molecule has 7 nitrogen and oxygen atoms in total. The van der Waals surface area contributed by atoms with Crippen molar-refractivity contribution in [3.8, 4) is 22.5 Å². The fourth-order valence-corrected chi connectivity index (χ4v) is 4.48. The molecule has 0 radical (unpaired) electrons. The van der Waals surface area contributed by atoms with Crippen molar-refractivity contribution in [1.82, 2.24) is 15.3 Å². The fraction of sp³-hybridized carbons (Fsp3) is 0.346. The van der Waals surface area contributed by atoms with Crippen molar-refractivity contribution >= 4 is 17.4 Å². The summed E-state index contributed by atoms with van der Waals surface area (Å²) in [5, 5.41) is 2.87. The lowest BCUT2D eigenvalue weighted by atomic mass is 9.96. The number of aromatic nitrogens is 2. The number of fused-ring (bicyclic) bond motifs is 1. The SMILES string of the molecule is CC(C)[C@@H]1CN(c2ccc(-c3cnc(N)c(-c4ccc5c(c4)CCNC5=O)n3)cc2)CCO1. The van der Waals surface area contributed by atoms with E-state index in [1.807, 2.05) is 18.2 Å². The van der Waals surface area contributed by atoms with Gasteiger partial charge in [-0.3, -0.25) is 4.79 Å². The van der Waals surface area contributed by atoms with Crippen molar-refractivity contribution in [1.29, 1.82) is 0 Å². The number of hydrogen-bond donors (Lipinski definition) is 2. The highest BCUT2D eigenvalue weighted by molar-refractivity contribution is 5.97. The van der Waals surface area contributed by atoms with Crippen molar-refractivity contribution in [3.05, 3.63) is 59.8 Å². The van der Waals surface area contributed by atoms with E-state index < -0.39 is 0 Å². The number of rotatable bonds is 4. The van der Waals surface area contributed by atoms with Crippen LogP contribution in [0.25, 0.3) is 22.5 Å². The number of amides is 1. The molecule has 1 saturated heterocycles. The van der Waals surface area contributed by atoms with Crippen LogP contribution in [0, 0.1) is 5.92 Å². The van der Waals surface area contributed by atoms with Crippen molar-refractivity contribution < 1.29 is 9.53 Å². The average Bonchev–Trinajstić information content (AvgIpc) is 2.84. The van der Waals surface area contributed by atoms with Crippen LogP contribution in [0.2, 0.25) is 0 Å². The van der Waals surface area contributed by atoms with Gasteiger partial charge < -0.3 is 20.7 Å². The zero-order valence-electron chi connectivity index (χ0n) is 19.0. The summed E-state index contributed by atoms with van der Waals surface area (Å²) < 4.78 is 5.90. The van der Waals surface area contributed by atoms with E-state index in [9.17, 15) is 4.79 Å². The van der Waals surface area contributed by atoms with Gasteiger partial charge in [-0.2, -0.15) is 0 Å². The largest absolute Gasteiger partial charge is 0.382 e. The van der Waals surface area contributed by atoms with E-state index in [1.54, 1.807) is 6.20 Å². The number of nitrogen functional groups attached to an aromatic ring is 1. The van der Waals surface area contributed by atoms with Crippen LogP contribution in [0.5, 0.6) is 0 Å². The van der Waals surface area contributed by atoms with Crippen LogP contribution >= 0.6 is 0 Å². The molecule has 1 amide bonds. The van der Waals surface area contributed by atoms with Gasteiger partial charge in [0.1, 0.15) is 11.5 Å². The minimum absolute atomic E-state index is 0.0318. The zero-order valence-corrected chi connectivity index (χ0v) is 19.0. The van der Waals surface area contributed by atoms with E-state index in [0.717, 1.165) is 48.5 Å². The van der Waals surface area contributed by atoms with Crippen LogP contribution in [0.15, 0.2) is 48.7 Å². The molecule has 0 aliphatic carbocycles. The Labute approximate surface area is 194 Å². The monoisotopic (exact) mass is 443 g/mol. The molecule has 0 spiro atoms. The Morgan fingerprint density at radius 3 is 2.73 bits per heavy atom. The number of ether oxygens (including phenoxy) is 1. The van der Waals surface area contributed by atoms with Crippen molar-refractivity contribution in [2.45, 2.75) is 26.4 Å². The first-order chi connectivity index (χ1) is 16.0. The molecule has 33 heavy (non-hydrogen) atoms. The number of nitrogens with one attached hydrogen (secondary N) is 1. The standard InChI is InChI=1S/C26H29N5O2/c1-16(2)23-15-31(11-12-33-23)20-6-3-17(4-7-20)22-14-29-25(27)24(30-22)19-5-8-21-18(13-19)9-10-28-26(21)32/h3-8,13-14,16,23H,9-12,15H2,1-2H3,(H2,27,29)(H,28,32)/t23-/m0/s1. The lowest BCUT2D eigenvalue weighted by Crippen LogP contribution is -2.44. The predicted octanol–water partition coefficient (Wildman–Crippen LogP) is 3.54. The quantitative estimate of drug-likeness (QED) is 0.641. The van der Waals surface area contributed by atoms with Gasteiger partial charge >= 0.3 is 0 Å². The molecular weight excluding hydrogens is 414 g/mol. The second kappa shape index (κ2) is 8.83. The Kier molecular flexibility index (Phi) is 5.72. The maximum Gasteiger partial charge on any atom is 0.251 e. The number of nitrogens with two attached hydrogens (primary N) is 1. The third kappa shape index (κ3) is 4.28. The molecule has 170 valence electrons. The van der Waals surface area contributed by atoms with Crippen molar-refractivity contribution in [3.63, 3.8) is 0 Å². The minimum Gasteiger partial charge on any atom is -0.382 e. The lowest BCUT2D eigenvalue weighted by Gasteiger charge is -2.36. The molecule has 2 aliphatic rings. The maximum atomic E-state index is 12.1. The number of carbonyl (C=O) groups is 1. The van der Waals surface area contributed by atoms with Crippen molar-refractivity contribution in [2.75, 3.05) is 36.9 Å². The van der Waals surface area contributed by atoms with Crippen LogP contribution < -0.4 is 16.0 Å². The first-order valence-corrected chi connectivity index (χ1v) is 11.5. The summed E-state index contributed by atoms with van der Waals surface area (Å²) >= 11 is 0. The summed E-state index contributed by atoms with van der Waals surface area (Å²) in [6, 6.07) is 14.2. The topological polar surface area (TPSA) is 93.4 Å². The summed E-state index contributed by atoms with van der Waals surface area (Å²) in [5.74, 6) is 0.841. The van der Waals surface area contributed by atoms with E-state index in [2.05, 4.69) is 53.3 Å². The average molecular weight is 444 g/mol. The number of nitrogens with zero attached hydrogens (tertiary/aromatic N) is 3. The third-order valence-electron chi connectivity index (χ3n) is 6.47. The Morgan fingerprint density at radius 2 is 1.94 bits per heavy atom. The minimum atomic E-state index is -0.0318. The number of hydrogen-bond acceptors (Lipinski definition) is 6. The maximum absolute atomic E-state index is 12.1. The van der Waals surface area contributed by atoms with E-state index in [0.29, 0.717) is 29.5 Å². The highest BCUT2D eigenvalue weighted by atomic mass is 16.5. The Morgan fingerprint density at radius 1 is 1.15 bits per heavy atom. The molecule has 1 fully saturated rings. The van der Waals surface area contributed by atoms with Crippen LogP contribution in [0.3, 0.4) is 0 Å². The van der Waals surface area contributed by atoms with Gasteiger partial charge in [0.15, 0.2) is 0 Å². The van der Waals surface area contributed by atoms with E-state index in [4.69, 9.17) is 15.5 Å². The molecule has 3 heterocycles. The Bertz CT molecular complexity index is 1180. The molecule has 7 heteroatoms. The summed E-state index contributed by atoms with van der Waals surface area (Å²) in [7, 11) is 0. The van der Waals surface area contributed by atoms with E-state index in [1.165, 1.54) is 5.69 Å². The van der Waals surface area contributed by atoms with Gasteiger partial charge in [0.2, 0.25) is 0 Å². The van der Waals surface area contributed by atoms with Crippen LogP contribution in [0.4, 0.5) is 11.5 Å². The number of carbonyl (C=O) groups excluding carboxylic acids is 1. The van der Waals surface area contributed by atoms with Crippen LogP contribution in [-0.2, 0) is 11.2 Å². The highest BCUT2D eigenvalue weighted by Crippen LogP contribution is 2.30. The van der Waals surface area contributed by atoms with Crippen molar-refractivity contribution in [2.24, 2.45) is 5.92 Å². The van der Waals surface area contributed by atoms with E-state index in [-0.39, 0.29) is 12.0 Å². The number of anilines is 2. The van der Waals surface area contributed by atoms with Gasteiger partial charge in [-0.25, -0.2) is 9.97 Å². The zero-order chi connectivity index (χ0) is 22.9. The molecule has 0 saturated carbocycles.